The van der Waals surface area contributed by atoms with Crippen LogP contribution < -0.4 is 5.73 Å². The van der Waals surface area contributed by atoms with Crippen LogP contribution in [0.4, 0.5) is 4.79 Å². The first-order valence-electron chi connectivity index (χ1n) is 9.89. The smallest absolute Gasteiger partial charge is 0.435 e. The van der Waals surface area contributed by atoms with Crippen LogP contribution in [0.5, 0.6) is 0 Å². The maximum absolute atomic E-state index is 12.2. The molecule has 6 heteroatoms. The highest BCUT2D eigenvalue weighted by Gasteiger charge is 2.54. The highest BCUT2D eigenvalue weighted by atomic mass is 32.1. The second-order valence-corrected chi connectivity index (χ2v) is 9.97. The zero-order chi connectivity index (χ0) is 20.5. The summed E-state index contributed by atoms with van der Waals surface area (Å²) in [4.78, 5) is 17.0. The van der Waals surface area contributed by atoms with Gasteiger partial charge in [-0.05, 0) is 57.0 Å². The van der Waals surface area contributed by atoms with Crippen LogP contribution in [0.1, 0.15) is 38.1 Å². The third-order valence-electron chi connectivity index (χ3n) is 6.06. The summed E-state index contributed by atoms with van der Waals surface area (Å²) in [7, 11) is 0. The molecule has 0 radical (unpaired) electrons. The van der Waals surface area contributed by atoms with Crippen molar-refractivity contribution < 1.29 is 14.4 Å². The molecule has 3 N–H and O–H groups in total. The molecule has 1 aliphatic heterocycles. The van der Waals surface area contributed by atoms with Crippen molar-refractivity contribution in [3.63, 3.8) is 0 Å². The molecule has 0 aliphatic carbocycles. The van der Waals surface area contributed by atoms with Gasteiger partial charge in [0.25, 0.3) is 0 Å². The summed E-state index contributed by atoms with van der Waals surface area (Å²) in [6, 6.07) is 12.9. The molecule has 3 rings (SSSR count). The summed E-state index contributed by atoms with van der Waals surface area (Å²) in [5.74, 6) is 0. The van der Waals surface area contributed by atoms with Crippen LogP contribution in [-0.4, -0.2) is 51.8 Å². The molecule has 152 valence electrons. The van der Waals surface area contributed by atoms with E-state index < -0.39 is 6.09 Å². The van der Waals surface area contributed by atoms with Crippen LogP contribution in [0.3, 0.4) is 0 Å². The zero-order valence-electron chi connectivity index (χ0n) is 17.3. The lowest BCUT2D eigenvalue weighted by Gasteiger charge is -2.52. The Morgan fingerprint density at radius 2 is 2.07 bits per heavy atom. The van der Waals surface area contributed by atoms with Crippen molar-refractivity contribution in [3.8, 4) is 10.4 Å². The molecule has 1 unspecified atom stereocenters. The molecule has 1 saturated heterocycles. The highest BCUT2D eigenvalue weighted by Crippen LogP contribution is 2.33. The molecule has 2 aromatic rings. The third kappa shape index (κ3) is 3.87. The first-order chi connectivity index (χ1) is 13.2. The minimum absolute atomic E-state index is 0.0406. The Bertz CT molecular complexity index is 842. The Morgan fingerprint density at radius 1 is 1.32 bits per heavy atom. The Kier molecular flexibility index (Phi) is 5.96. The number of benzene rings is 1. The van der Waals surface area contributed by atoms with E-state index in [1.807, 2.05) is 20.8 Å². The zero-order valence-corrected chi connectivity index (χ0v) is 18.1. The Balaban J connectivity index is 1.74. The van der Waals surface area contributed by atoms with Crippen molar-refractivity contribution in [3.05, 3.63) is 46.8 Å². The van der Waals surface area contributed by atoms with Crippen molar-refractivity contribution in [1.82, 2.24) is 4.90 Å². The quantitative estimate of drug-likeness (QED) is 0.745. The molecular formula is C22H32N3O2S+. The number of thiophene rings is 1. The number of nitrogens with zero attached hydrogens (tertiary/aromatic N) is 2. The number of carboxylic acid groups (broad SMARTS) is 1. The average Bonchev–Trinajstić information content (AvgIpc) is 3.10. The Morgan fingerprint density at radius 3 is 2.64 bits per heavy atom. The lowest BCUT2D eigenvalue weighted by atomic mass is 9.95. The van der Waals surface area contributed by atoms with Gasteiger partial charge < -0.3 is 10.8 Å². The molecule has 1 aromatic heterocycles. The Labute approximate surface area is 172 Å². The molecular weight excluding hydrogens is 370 g/mol. The average molecular weight is 403 g/mol. The SMILES string of the molecule is C[C@H]1CN(Cc2cccc(-c3ccc(CN)s3)c2)CC[N+]1(C(=O)O)C(C)(C)C. The fourth-order valence-corrected chi connectivity index (χ4v) is 5.44. The molecule has 0 spiro atoms. The summed E-state index contributed by atoms with van der Waals surface area (Å²) in [5.41, 5.74) is 7.90. The number of amides is 1. The molecule has 2 atom stereocenters. The molecule has 5 nitrogen and oxygen atoms in total. The number of hydrogen-bond donors (Lipinski definition) is 2. The first-order valence-corrected chi connectivity index (χ1v) is 10.7. The van der Waals surface area contributed by atoms with Crippen molar-refractivity contribution in [2.75, 3.05) is 19.6 Å². The maximum atomic E-state index is 12.2. The van der Waals surface area contributed by atoms with Gasteiger partial charge in [0.1, 0.15) is 18.1 Å². The van der Waals surface area contributed by atoms with E-state index >= 15 is 0 Å². The summed E-state index contributed by atoms with van der Waals surface area (Å²) in [6.07, 6.45) is -0.713. The van der Waals surface area contributed by atoms with E-state index in [1.54, 1.807) is 11.3 Å². The number of hydrogen-bond acceptors (Lipinski definition) is 4. The molecule has 1 fully saturated rings. The summed E-state index contributed by atoms with van der Waals surface area (Å²) < 4.78 is 0.126. The largest absolute Gasteiger partial charge is 0.514 e. The van der Waals surface area contributed by atoms with Crippen LogP contribution in [-0.2, 0) is 13.1 Å². The van der Waals surface area contributed by atoms with Gasteiger partial charge >= 0.3 is 6.09 Å². The van der Waals surface area contributed by atoms with Gasteiger partial charge in [-0.3, -0.25) is 4.90 Å². The van der Waals surface area contributed by atoms with Crippen LogP contribution in [0.15, 0.2) is 36.4 Å². The normalized spacial score (nSPS) is 23.7. The number of nitrogens with two attached hydrogens (primary N) is 1. The topological polar surface area (TPSA) is 66.6 Å². The van der Waals surface area contributed by atoms with Crippen molar-refractivity contribution >= 4 is 17.4 Å². The molecule has 2 heterocycles. The van der Waals surface area contributed by atoms with Crippen molar-refractivity contribution in [2.45, 2.75) is 52.4 Å². The van der Waals surface area contributed by atoms with E-state index in [9.17, 15) is 9.90 Å². The highest BCUT2D eigenvalue weighted by molar-refractivity contribution is 7.15. The van der Waals surface area contributed by atoms with Gasteiger partial charge in [-0.1, -0.05) is 18.2 Å². The molecule has 1 aliphatic rings. The van der Waals surface area contributed by atoms with Crippen LogP contribution >= 0.6 is 11.3 Å². The van der Waals surface area contributed by atoms with Gasteiger partial charge in [0.15, 0.2) is 0 Å². The predicted molar refractivity (Wildman–Crippen MR) is 115 cm³/mol. The lowest BCUT2D eigenvalue weighted by Crippen LogP contribution is -2.73. The van der Waals surface area contributed by atoms with E-state index in [0.29, 0.717) is 13.1 Å². The standard InChI is InChI=1S/C22H31N3O2S/c1-16-14-24(10-11-25(16,21(26)27)22(2,3)4)15-17-6-5-7-18(12-17)20-9-8-19(13-23)28-20/h5-9,12,16H,10-11,13-15,23H2,1-4H3/p+1/t16-,25?/m0/s1. The van der Waals surface area contributed by atoms with Gasteiger partial charge in [-0.15, -0.1) is 11.3 Å². The van der Waals surface area contributed by atoms with E-state index in [2.05, 4.69) is 48.2 Å². The third-order valence-corrected chi connectivity index (χ3v) is 7.22. The predicted octanol–water partition coefficient (Wildman–Crippen LogP) is 4.37. The molecule has 0 bridgehead atoms. The number of quaternary nitrogens is 1. The van der Waals surface area contributed by atoms with Gasteiger partial charge in [-0.2, -0.15) is 4.79 Å². The minimum atomic E-state index is -0.713. The van der Waals surface area contributed by atoms with Crippen molar-refractivity contribution in [2.24, 2.45) is 5.73 Å². The van der Waals surface area contributed by atoms with Gasteiger partial charge in [0, 0.05) is 29.4 Å². The molecule has 1 aromatic carbocycles. The van der Waals surface area contributed by atoms with E-state index in [-0.39, 0.29) is 16.1 Å². The number of piperazine rings is 1. The fraction of sp³-hybridized carbons (Fsp3) is 0.500. The molecule has 0 saturated carbocycles. The maximum Gasteiger partial charge on any atom is 0.514 e. The monoisotopic (exact) mass is 402 g/mol. The molecule has 1 amide bonds. The van der Waals surface area contributed by atoms with E-state index in [1.165, 1.54) is 20.9 Å². The second kappa shape index (κ2) is 7.95. The van der Waals surface area contributed by atoms with E-state index in [0.717, 1.165) is 19.6 Å². The summed E-state index contributed by atoms with van der Waals surface area (Å²) in [5, 5.41) is 10.0. The fourth-order valence-electron chi connectivity index (χ4n) is 4.56. The van der Waals surface area contributed by atoms with Gasteiger partial charge in [0.05, 0.1) is 6.54 Å². The second-order valence-electron chi connectivity index (χ2n) is 8.80. The lowest BCUT2D eigenvalue weighted by molar-refractivity contribution is -0.929. The van der Waals surface area contributed by atoms with Crippen LogP contribution in [0, 0.1) is 0 Å². The summed E-state index contributed by atoms with van der Waals surface area (Å²) >= 11 is 1.74. The minimum Gasteiger partial charge on any atom is -0.435 e. The summed E-state index contributed by atoms with van der Waals surface area (Å²) in [6.45, 7) is 11.8. The first kappa shape index (κ1) is 21.0. The van der Waals surface area contributed by atoms with Gasteiger partial charge in [-0.25, -0.2) is 4.48 Å². The van der Waals surface area contributed by atoms with Crippen molar-refractivity contribution in [1.29, 1.82) is 0 Å². The number of carbonyl (C=O) groups is 1. The van der Waals surface area contributed by atoms with E-state index in [4.69, 9.17) is 5.73 Å². The van der Waals surface area contributed by atoms with Crippen LogP contribution in [0.25, 0.3) is 10.4 Å². The van der Waals surface area contributed by atoms with Crippen LogP contribution in [0.2, 0.25) is 0 Å². The number of rotatable bonds is 4. The van der Waals surface area contributed by atoms with Gasteiger partial charge in [0.2, 0.25) is 0 Å². The molecule has 28 heavy (non-hydrogen) atoms. The Hall–Kier alpha value is -1.73.